The molecular formula is C13H19O2S+. The van der Waals surface area contributed by atoms with Gasteiger partial charge in [-0.2, -0.15) is 0 Å². The number of carbonyl (C=O) groups excluding carboxylic acids is 1. The van der Waals surface area contributed by atoms with E-state index in [-0.39, 0.29) is 16.9 Å². The van der Waals surface area contributed by atoms with Crippen molar-refractivity contribution in [2.45, 2.75) is 26.2 Å². The third kappa shape index (κ3) is 2.70. The fourth-order valence-corrected chi connectivity index (χ4v) is 4.53. The number of hydrogen-bond acceptors (Lipinski definition) is 2. The third-order valence-corrected chi connectivity index (χ3v) is 5.44. The van der Waals surface area contributed by atoms with Gasteiger partial charge in [-0.05, 0) is 25.3 Å². The number of fused-ring (bicyclic) bond motifs is 1. The van der Waals surface area contributed by atoms with E-state index in [1.54, 1.807) is 0 Å². The van der Waals surface area contributed by atoms with Crippen LogP contribution in [0.3, 0.4) is 0 Å². The highest BCUT2D eigenvalue weighted by Gasteiger charge is 2.37. The molecule has 2 atom stereocenters. The molecule has 0 aromatic rings. The molecule has 0 aromatic heterocycles. The van der Waals surface area contributed by atoms with Gasteiger partial charge in [-0.1, -0.05) is 19.1 Å². The fraction of sp³-hybridized carbons (Fsp3) is 0.615. The molecule has 88 valence electrons. The van der Waals surface area contributed by atoms with E-state index in [1.165, 1.54) is 23.5 Å². The molecule has 0 bridgehead atoms. The summed E-state index contributed by atoms with van der Waals surface area (Å²) >= 11 is 0. The lowest BCUT2D eigenvalue weighted by molar-refractivity contribution is -0.140. The zero-order valence-electron chi connectivity index (χ0n) is 9.78. The SMILES string of the molecule is CCCOC(=O)C[S+]1CCCC2C=CC=C21. The average Bonchev–Trinajstić information content (AvgIpc) is 2.75. The van der Waals surface area contributed by atoms with Gasteiger partial charge in [0.1, 0.15) is 10.7 Å². The molecule has 0 spiro atoms. The topological polar surface area (TPSA) is 26.3 Å². The number of hydrogen-bond donors (Lipinski definition) is 0. The smallest absolute Gasteiger partial charge is 0.356 e. The first-order valence-corrected chi connectivity index (χ1v) is 7.59. The van der Waals surface area contributed by atoms with E-state index < -0.39 is 0 Å². The monoisotopic (exact) mass is 239 g/mol. The van der Waals surface area contributed by atoms with Crippen molar-refractivity contribution in [3.63, 3.8) is 0 Å². The van der Waals surface area contributed by atoms with Crippen LogP contribution < -0.4 is 0 Å². The highest BCUT2D eigenvalue weighted by atomic mass is 32.2. The largest absolute Gasteiger partial charge is 0.462 e. The first-order chi connectivity index (χ1) is 7.81. The molecule has 2 unspecified atom stereocenters. The Balaban J connectivity index is 1.87. The fourth-order valence-electron chi connectivity index (χ4n) is 2.20. The van der Waals surface area contributed by atoms with Gasteiger partial charge in [0.2, 0.25) is 5.75 Å². The maximum Gasteiger partial charge on any atom is 0.356 e. The minimum absolute atomic E-state index is 0.0152. The minimum atomic E-state index is -0.0152. The zero-order valence-corrected chi connectivity index (χ0v) is 10.6. The van der Waals surface area contributed by atoms with Gasteiger partial charge in [0.05, 0.1) is 6.61 Å². The number of esters is 1. The van der Waals surface area contributed by atoms with Gasteiger partial charge in [-0.3, -0.25) is 0 Å². The Morgan fingerprint density at radius 2 is 2.50 bits per heavy atom. The van der Waals surface area contributed by atoms with E-state index in [2.05, 4.69) is 18.2 Å². The van der Waals surface area contributed by atoms with E-state index in [9.17, 15) is 4.79 Å². The molecule has 2 nitrogen and oxygen atoms in total. The summed E-state index contributed by atoms with van der Waals surface area (Å²) in [5.74, 6) is 2.38. The lowest BCUT2D eigenvalue weighted by Gasteiger charge is -2.20. The lowest BCUT2D eigenvalue weighted by atomic mass is 10.1. The predicted octanol–water partition coefficient (Wildman–Crippen LogP) is 2.42. The van der Waals surface area contributed by atoms with Gasteiger partial charge in [0, 0.05) is 16.8 Å². The van der Waals surface area contributed by atoms with Crippen LogP contribution in [-0.4, -0.2) is 24.1 Å². The van der Waals surface area contributed by atoms with Crippen molar-refractivity contribution in [2.75, 3.05) is 18.1 Å². The maximum absolute atomic E-state index is 11.6. The van der Waals surface area contributed by atoms with Crippen molar-refractivity contribution in [3.05, 3.63) is 23.1 Å². The summed E-state index contributed by atoms with van der Waals surface area (Å²) in [4.78, 5) is 13.1. The average molecular weight is 239 g/mol. The molecule has 2 rings (SSSR count). The molecule has 0 saturated carbocycles. The zero-order chi connectivity index (χ0) is 11.4. The molecule has 1 saturated heterocycles. The van der Waals surface area contributed by atoms with Crippen molar-refractivity contribution in [3.8, 4) is 0 Å². The molecule has 3 heteroatoms. The second-order valence-electron chi connectivity index (χ2n) is 4.26. The third-order valence-electron chi connectivity index (χ3n) is 2.97. The highest BCUT2D eigenvalue weighted by Crippen LogP contribution is 2.35. The maximum atomic E-state index is 11.6. The van der Waals surface area contributed by atoms with Crippen LogP contribution in [0.4, 0.5) is 0 Å². The summed E-state index contributed by atoms with van der Waals surface area (Å²) < 4.78 is 5.16. The highest BCUT2D eigenvalue weighted by molar-refractivity contribution is 8.01. The second kappa shape index (κ2) is 5.58. The Morgan fingerprint density at radius 3 is 3.31 bits per heavy atom. The second-order valence-corrected chi connectivity index (χ2v) is 6.42. The minimum Gasteiger partial charge on any atom is -0.462 e. The summed E-state index contributed by atoms with van der Waals surface area (Å²) in [5, 5.41) is 0. The van der Waals surface area contributed by atoms with Crippen LogP contribution in [0.2, 0.25) is 0 Å². The van der Waals surface area contributed by atoms with Gasteiger partial charge in [-0.15, -0.1) is 0 Å². The summed E-state index contributed by atoms with van der Waals surface area (Å²) in [5.41, 5.74) is 0. The molecule has 0 radical (unpaired) electrons. The van der Waals surface area contributed by atoms with E-state index >= 15 is 0 Å². The van der Waals surface area contributed by atoms with Crippen LogP contribution >= 0.6 is 0 Å². The van der Waals surface area contributed by atoms with Gasteiger partial charge in [0.25, 0.3) is 0 Å². The Bertz CT molecular complexity index is 320. The van der Waals surface area contributed by atoms with Crippen LogP contribution in [0.5, 0.6) is 0 Å². The molecule has 1 aliphatic carbocycles. The van der Waals surface area contributed by atoms with Crippen molar-refractivity contribution in [1.82, 2.24) is 0 Å². The number of carbonyl (C=O) groups is 1. The van der Waals surface area contributed by atoms with E-state index in [0.29, 0.717) is 18.3 Å². The van der Waals surface area contributed by atoms with Gasteiger partial charge >= 0.3 is 5.97 Å². The van der Waals surface area contributed by atoms with Crippen molar-refractivity contribution < 1.29 is 9.53 Å². The summed E-state index contributed by atoms with van der Waals surface area (Å²) in [6.45, 7) is 2.59. The molecular weight excluding hydrogens is 220 g/mol. The van der Waals surface area contributed by atoms with Gasteiger partial charge < -0.3 is 4.74 Å². The molecule has 0 amide bonds. The summed E-state index contributed by atoms with van der Waals surface area (Å²) in [6, 6.07) is 0. The molecule has 0 aromatic carbocycles. The Labute approximate surface area is 100 Å². The number of rotatable bonds is 4. The van der Waals surface area contributed by atoms with Crippen LogP contribution in [0.15, 0.2) is 23.1 Å². The summed E-state index contributed by atoms with van der Waals surface area (Å²) in [6.07, 6.45) is 10.0. The van der Waals surface area contributed by atoms with Gasteiger partial charge in [-0.25, -0.2) is 4.79 Å². The van der Waals surface area contributed by atoms with Crippen molar-refractivity contribution in [2.24, 2.45) is 5.92 Å². The van der Waals surface area contributed by atoms with E-state index in [0.717, 1.165) is 6.42 Å². The van der Waals surface area contributed by atoms with Crippen LogP contribution in [0, 0.1) is 5.92 Å². The number of ether oxygens (including phenoxy) is 1. The first-order valence-electron chi connectivity index (χ1n) is 6.02. The Hall–Kier alpha value is -0.700. The van der Waals surface area contributed by atoms with Gasteiger partial charge in [0.15, 0.2) is 0 Å². The molecule has 0 N–H and O–H groups in total. The van der Waals surface area contributed by atoms with Crippen LogP contribution in [-0.2, 0) is 20.4 Å². The predicted molar refractivity (Wildman–Crippen MR) is 68.3 cm³/mol. The normalized spacial score (nSPS) is 27.4. The molecule has 1 aliphatic heterocycles. The van der Waals surface area contributed by atoms with Crippen molar-refractivity contribution >= 4 is 16.9 Å². The van der Waals surface area contributed by atoms with E-state index in [1.807, 2.05) is 6.92 Å². The van der Waals surface area contributed by atoms with Crippen LogP contribution in [0.1, 0.15) is 26.2 Å². The molecule has 1 heterocycles. The Kier molecular flexibility index (Phi) is 4.10. The first kappa shape index (κ1) is 11.8. The summed E-state index contributed by atoms with van der Waals surface area (Å²) in [7, 11) is 0.140. The Morgan fingerprint density at radius 1 is 1.62 bits per heavy atom. The van der Waals surface area contributed by atoms with Crippen molar-refractivity contribution in [1.29, 1.82) is 0 Å². The number of allylic oxidation sites excluding steroid dienone is 4. The lowest BCUT2D eigenvalue weighted by Crippen LogP contribution is -2.28. The van der Waals surface area contributed by atoms with Crippen LogP contribution in [0.25, 0.3) is 0 Å². The molecule has 2 aliphatic rings. The molecule has 16 heavy (non-hydrogen) atoms. The quantitative estimate of drug-likeness (QED) is 0.556. The standard InChI is InChI=1S/C13H19O2S/c1-2-8-15-13(14)10-16-9-4-6-11-5-3-7-12(11)16/h3,5,7,11H,2,4,6,8-10H2,1H3/q+1. The van der Waals surface area contributed by atoms with E-state index in [4.69, 9.17) is 4.74 Å². The molecule has 1 fully saturated rings.